The van der Waals surface area contributed by atoms with Crippen LogP contribution in [0.25, 0.3) is 0 Å². The van der Waals surface area contributed by atoms with E-state index in [4.69, 9.17) is 10.3 Å². The number of hydrogen-bond acceptors (Lipinski definition) is 4. The molecular formula is C15H27N3O. The lowest BCUT2D eigenvalue weighted by molar-refractivity contribution is 0.216. The fourth-order valence-electron chi connectivity index (χ4n) is 3.07. The molecule has 4 nitrogen and oxygen atoms in total. The molecule has 0 amide bonds. The second kappa shape index (κ2) is 6.04. The van der Waals surface area contributed by atoms with E-state index in [1.165, 1.54) is 19.3 Å². The van der Waals surface area contributed by atoms with Gasteiger partial charge >= 0.3 is 0 Å². The summed E-state index contributed by atoms with van der Waals surface area (Å²) in [6, 6.07) is 0. The minimum Gasteiger partial charge on any atom is -0.339 e. The molecule has 0 unspecified atom stereocenters. The molecule has 1 saturated carbocycles. The molecule has 0 radical (unpaired) electrons. The molecule has 1 aliphatic carbocycles. The van der Waals surface area contributed by atoms with E-state index in [1.807, 2.05) is 0 Å². The summed E-state index contributed by atoms with van der Waals surface area (Å²) in [5.74, 6) is 2.69. The Hall–Kier alpha value is -0.900. The van der Waals surface area contributed by atoms with Gasteiger partial charge in [-0.15, -0.1) is 0 Å². The molecule has 0 bridgehead atoms. The average molecular weight is 265 g/mol. The molecule has 1 aromatic heterocycles. The van der Waals surface area contributed by atoms with Crippen LogP contribution in [-0.4, -0.2) is 10.1 Å². The van der Waals surface area contributed by atoms with Crippen LogP contribution in [0.4, 0.5) is 0 Å². The Bertz CT molecular complexity index is 390. The predicted octanol–water partition coefficient (Wildman–Crippen LogP) is 3.73. The molecule has 0 saturated heterocycles. The Kier molecular flexibility index (Phi) is 4.61. The van der Waals surface area contributed by atoms with Gasteiger partial charge in [0.05, 0.1) is 5.54 Å². The second-order valence-electron chi connectivity index (χ2n) is 5.98. The minimum atomic E-state index is -0.362. The van der Waals surface area contributed by atoms with Crippen molar-refractivity contribution in [2.75, 3.05) is 0 Å². The van der Waals surface area contributed by atoms with E-state index in [9.17, 15) is 0 Å². The van der Waals surface area contributed by atoms with Crippen molar-refractivity contribution < 1.29 is 4.52 Å². The Morgan fingerprint density at radius 3 is 2.42 bits per heavy atom. The maximum Gasteiger partial charge on any atom is 0.229 e. The van der Waals surface area contributed by atoms with Crippen LogP contribution in [0.1, 0.15) is 83.3 Å². The first-order chi connectivity index (χ1) is 9.12. The topological polar surface area (TPSA) is 64.9 Å². The van der Waals surface area contributed by atoms with E-state index in [1.54, 1.807) is 0 Å². The minimum absolute atomic E-state index is 0.362. The van der Waals surface area contributed by atoms with Crippen LogP contribution in [0.2, 0.25) is 0 Å². The summed E-state index contributed by atoms with van der Waals surface area (Å²) in [5.41, 5.74) is 6.15. The van der Waals surface area contributed by atoms with E-state index in [0.717, 1.165) is 43.3 Å². The fourth-order valence-corrected chi connectivity index (χ4v) is 3.07. The zero-order valence-electron chi connectivity index (χ0n) is 12.5. The first-order valence-electron chi connectivity index (χ1n) is 7.75. The van der Waals surface area contributed by atoms with Crippen molar-refractivity contribution in [2.24, 2.45) is 11.7 Å². The van der Waals surface area contributed by atoms with E-state index in [0.29, 0.717) is 5.92 Å². The zero-order valence-corrected chi connectivity index (χ0v) is 12.5. The highest BCUT2D eigenvalue weighted by atomic mass is 16.5. The third kappa shape index (κ3) is 2.99. The standard InChI is InChI=1S/C15H27N3O/c1-4-11-7-9-15(16,10-8-11)14-17-13(19-18-14)12(5-2)6-3/h11-12H,4-10,16H2,1-3H3. The van der Waals surface area contributed by atoms with Gasteiger partial charge in [-0.3, -0.25) is 0 Å². The van der Waals surface area contributed by atoms with E-state index in [2.05, 4.69) is 30.9 Å². The quantitative estimate of drug-likeness (QED) is 0.881. The Morgan fingerprint density at radius 2 is 1.89 bits per heavy atom. The summed E-state index contributed by atoms with van der Waals surface area (Å²) in [7, 11) is 0. The lowest BCUT2D eigenvalue weighted by atomic mass is 9.76. The molecule has 2 N–H and O–H groups in total. The third-order valence-corrected chi connectivity index (χ3v) is 4.80. The molecule has 1 aliphatic rings. The van der Waals surface area contributed by atoms with E-state index >= 15 is 0 Å². The maximum absolute atomic E-state index is 6.51. The lowest BCUT2D eigenvalue weighted by Gasteiger charge is -2.34. The molecule has 4 heteroatoms. The molecule has 1 heterocycles. The molecule has 2 rings (SSSR count). The van der Waals surface area contributed by atoms with E-state index < -0.39 is 0 Å². The summed E-state index contributed by atoms with van der Waals surface area (Å²) in [5, 5.41) is 4.17. The second-order valence-corrected chi connectivity index (χ2v) is 5.98. The van der Waals surface area contributed by atoms with Crippen LogP contribution in [0, 0.1) is 5.92 Å². The zero-order chi connectivity index (χ0) is 13.9. The van der Waals surface area contributed by atoms with Crippen LogP contribution in [-0.2, 0) is 5.54 Å². The number of rotatable bonds is 5. The number of hydrogen-bond donors (Lipinski definition) is 1. The van der Waals surface area contributed by atoms with Crippen LogP contribution in [0.5, 0.6) is 0 Å². The van der Waals surface area contributed by atoms with Gasteiger partial charge in [0, 0.05) is 5.92 Å². The molecule has 19 heavy (non-hydrogen) atoms. The van der Waals surface area contributed by atoms with E-state index in [-0.39, 0.29) is 5.54 Å². The van der Waals surface area contributed by atoms with Gasteiger partial charge in [-0.1, -0.05) is 32.3 Å². The van der Waals surface area contributed by atoms with Crippen molar-refractivity contribution in [1.29, 1.82) is 0 Å². The van der Waals surface area contributed by atoms with Crippen LogP contribution in [0.3, 0.4) is 0 Å². The summed E-state index contributed by atoms with van der Waals surface area (Å²) in [4.78, 5) is 4.60. The molecule has 0 aromatic carbocycles. The van der Waals surface area contributed by atoms with Crippen LogP contribution in [0.15, 0.2) is 4.52 Å². The molecule has 1 fully saturated rings. The first-order valence-corrected chi connectivity index (χ1v) is 7.75. The molecular weight excluding hydrogens is 238 g/mol. The van der Waals surface area contributed by atoms with Gasteiger partial charge in [0.2, 0.25) is 5.89 Å². The van der Waals surface area contributed by atoms with Crippen molar-refractivity contribution in [1.82, 2.24) is 10.1 Å². The summed E-state index contributed by atoms with van der Waals surface area (Å²) in [6.45, 7) is 6.57. The van der Waals surface area contributed by atoms with Gasteiger partial charge in [0.1, 0.15) is 0 Å². The normalized spacial score (nSPS) is 27.9. The van der Waals surface area contributed by atoms with Gasteiger partial charge in [-0.2, -0.15) is 4.98 Å². The average Bonchev–Trinajstić information content (AvgIpc) is 2.92. The summed E-state index contributed by atoms with van der Waals surface area (Å²) < 4.78 is 5.44. The van der Waals surface area contributed by atoms with Gasteiger partial charge in [-0.05, 0) is 44.4 Å². The maximum atomic E-state index is 6.51. The Balaban J connectivity index is 2.09. The highest BCUT2D eigenvalue weighted by molar-refractivity contribution is 5.07. The van der Waals surface area contributed by atoms with Gasteiger partial charge in [-0.25, -0.2) is 0 Å². The smallest absolute Gasteiger partial charge is 0.229 e. The Morgan fingerprint density at radius 1 is 1.26 bits per heavy atom. The highest BCUT2D eigenvalue weighted by Gasteiger charge is 2.37. The molecule has 0 spiro atoms. The third-order valence-electron chi connectivity index (χ3n) is 4.80. The van der Waals surface area contributed by atoms with Crippen LogP contribution < -0.4 is 5.73 Å². The molecule has 0 atom stereocenters. The Labute approximate surface area is 116 Å². The predicted molar refractivity (Wildman–Crippen MR) is 75.7 cm³/mol. The van der Waals surface area contributed by atoms with Crippen molar-refractivity contribution in [3.05, 3.63) is 11.7 Å². The highest BCUT2D eigenvalue weighted by Crippen LogP contribution is 2.38. The van der Waals surface area contributed by atoms with Crippen molar-refractivity contribution in [3.8, 4) is 0 Å². The first kappa shape index (κ1) is 14.5. The van der Waals surface area contributed by atoms with Crippen molar-refractivity contribution >= 4 is 0 Å². The number of nitrogens with two attached hydrogens (primary N) is 1. The molecule has 0 aliphatic heterocycles. The largest absolute Gasteiger partial charge is 0.339 e. The lowest BCUT2D eigenvalue weighted by Crippen LogP contribution is -2.41. The summed E-state index contributed by atoms with van der Waals surface area (Å²) in [6.07, 6.45) is 7.65. The van der Waals surface area contributed by atoms with Crippen LogP contribution >= 0.6 is 0 Å². The monoisotopic (exact) mass is 265 g/mol. The number of nitrogens with zero attached hydrogens (tertiary/aromatic N) is 2. The van der Waals surface area contributed by atoms with Crippen molar-refractivity contribution in [2.45, 2.75) is 77.2 Å². The SMILES string of the molecule is CCC1CCC(N)(c2noc(C(CC)CC)n2)CC1. The van der Waals surface area contributed by atoms with Gasteiger partial charge in [0.25, 0.3) is 0 Å². The summed E-state index contributed by atoms with van der Waals surface area (Å²) >= 11 is 0. The van der Waals surface area contributed by atoms with Gasteiger partial charge in [0.15, 0.2) is 5.82 Å². The van der Waals surface area contributed by atoms with Crippen molar-refractivity contribution in [3.63, 3.8) is 0 Å². The molecule has 108 valence electrons. The fraction of sp³-hybridized carbons (Fsp3) is 0.867. The van der Waals surface area contributed by atoms with Gasteiger partial charge < -0.3 is 10.3 Å². The number of aromatic nitrogens is 2. The molecule has 1 aromatic rings.